The van der Waals surface area contributed by atoms with E-state index >= 15 is 0 Å². The van der Waals surface area contributed by atoms with Gasteiger partial charge in [0.25, 0.3) is 0 Å². The molecule has 0 spiro atoms. The molecule has 2 aromatic carbocycles. The van der Waals surface area contributed by atoms with Gasteiger partial charge in [-0.2, -0.15) is 17.6 Å². The fraction of sp³-hybridized carbons (Fsp3) is 0.0909. The average Bonchev–Trinajstić information content (AvgIpc) is 2.80. The fourth-order valence-corrected chi connectivity index (χ4v) is 2.44. The number of carboxylic acids is 1. The van der Waals surface area contributed by atoms with E-state index in [4.69, 9.17) is 20.4 Å². The van der Waals surface area contributed by atoms with Gasteiger partial charge in [0.05, 0.1) is 12.1 Å². The van der Waals surface area contributed by atoms with Crippen LogP contribution in [0.1, 0.15) is 5.56 Å². The van der Waals surface area contributed by atoms with Gasteiger partial charge in [0.1, 0.15) is 17.4 Å². The van der Waals surface area contributed by atoms with Crippen LogP contribution in [0.5, 0.6) is 11.5 Å². The first-order chi connectivity index (χ1) is 17.3. The van der Waals surface area contributed by atoms with Gasteiger partial charge in [-0.05, 0) is 35.9 Å². The number of amides is 3. The Morgan fingerprint density at radius 1 is 0.973 bits per heavy atom. The quantitative estimate of drug-likeness (QED) is 0.358. The Balaban J connectivity index is 0.000000604. The van der Waals surface area contributed by atoms with Gasteiger partial charge >= 0.3 is 18.2 Å². The third-order valence-electron chi connectivity index (χ3n) is 4.05. The van der Waals surface area contributed by atoms with Crippen molar-refractivity contribution < 1.29 is 50.6 Å². The Morgan fingerprint density at radius 2 is 1.59 bits per heavy atom. The molecule has 0 radical (unpaired) electrons. The fourth-order valence-electron chi connectivity index (χ4n) is 2.44. The lowest BCUT2D eigenvalue weighted by atomic mass is 10.1. The van der Waals surface area contributed by atoms with Crippen molar-refractivity contribution in [2.45, 2.75) is 12.6 Å². The van der Waals surface area contributed by atoms with Crippen molar-refractivity contribution in [2.75, 3.05) is 11.1 Å². The molecule has 0 aliphatic rings. The van der Waals surface area contributed by atoms with Crippen molar-refractivity contribution in [1.29, 1.82) is 0 Å². The number of nitrogens with two attached hydrogens (primary N) is 1. The van der Waals surface area contributed by atoms with Gasteiger partial charge < -0.3 is 20.9 Å². The molecule has 0 saturated heterocycles. The number of carbonyl (C=O) groups excluding carboxylic acids is 2. The van der Waals surface area contributed by atoms with Crippen molar-refractivity contribution in [3.63, 3.8) is 0 Å². The summed E-state index contributed by atoms with van der Waals surface area (Å²) in [4.78, 5) is 36.4. The van der Waals surface area contributed by atoms with Gasteiger partial charge in [0.15, 0.2) is 11.6 Å². The maximum absolute atomic E-state index is 14.3. The zero-order chi connectivity index (χ0) is 27.8. The molecule has 15 heteroatoms. The highest BCUT2D eigenvalue weighted by atomic mass is 19.4. The minimum Gasteiger partial charge on any atom is -0.475 e. The third-order valence-corrected chi connectivity index (χ3v) is 4.05. The smallest absolute Gasteiger partial charge is 0.475 e. The van der Waals surface area contributed by atoms with E-state index in [1.807, 2.05) is 10.6 Å². The second kappa shape index (κ2) is 12.2. The first-order valence-corrected chi connectivity index (χ1v) is 9.79. The number of carbonyl (C=O) groups is 3. The molecule has 3 aromatic rings. The summed E-state index contributed by atoms with van der Waals surface area (Å²) in [6, 6.07) is 8.96. The molecule has 0 aliphatic carbocycles. The van der Waals surface area contributed by atoms with Crippen LogP contribution in [0.4, 0.5) is 42.6 Å². The summed E-state index contributed by atoms with van der Waals surface area (Å²) in [6.45, 7) is 0. The Hall–Kier alpha value is -4.82. The Morgan fingerprint density at radius 3 is 2.16 bits per heavy atom. The first kappa shape index (κ1) is 28.4. The van der Waals surface area contributed by atoms with Crippen molar-refractivity contribution in [3.05, 3.63) is 77.7 Å². The topological polar surface area (TPSA) is 144 Å². The number of ether oxygens (including phenoxy) is 1. The molecule has 0 aliphatic heterocycles. The highest BCUT2D eigenvalue weighted by molar-refractivity contribution is 6.01. The molecule has 0 atom stereocenters. The first-order valence-electron chi connectivity index (χ1n) is 9.79. The number of hydrogen-bond donors (Lipinski definition) is 4. The molecule has 0 bridgehead atoms. The van der Waals surface area contributed by atoms with Gasteiger partial charge in [-0.3, -0.25) is 10.1 Å². The number of carboxylic acid groups (broad SMARTS) is 1. The van der Waals surface area contributed by atoms with Gasteiger partial charge in [-0.25, -0.2) is 23.4 Å². The number of anilines is 2. The largest absolute Gasteiger partial charge is 0.490 e. The number of nitrogens with one attached hydrogen (secondary N) is 2. The molecule has 1 heterocycles. The lowest BCUT2D eigenvalue weighted by Gasteiger charge is -2.11. The number of urea groups is 1. The van der Waals surface area contributed by atoms with Crippen molar-refractivity contribution in [1.82, 2.24) is 10.3 Å². The minimum atomic E-state index is -5.08. The van der Waals surface area contributed by atoms with E-state index < -0.39 is 53.0 Å². The zero-order valence-corrected chi connectivity index (χ0v) is 18.3. The molecular formula is C22H16F6N4O5. The summed E-state index contributed by atoms with van der Waals surface area (Å²) in [5.41, 5.74) is 5.47. The van der Waals surface area contributed by atoms with Crippen LogP contribution in [0, 0.1) is 17.5 Å². The van der Waals surface area contributed by atoms with Crippen LogP contribution in [-0.4, -0.2) is 34.2 Å². The molecule has 196 valence electrons. The number of alkyl halides is 3. The molecule has 3 amide bonds. The summed E-state index contributed by atoms with van der Waals surface area (Å²) in [5.74, 6) is -6.82. The van der Waals surface area contributed by atoms with E-state index in [1.54, 1.807) is 0 Å². The maximum Gasteiger partial charge on any atom is 0.490 e. The van der Waals surface area contributed by atoms with E-state index in [0.717, 1.165) is 12.1 Å². The van der Waals surface area contributed by atoms with Crippen LogP contribution in [0.15, 0.2) is 54.7 Å². The lowest BCUT2D eigenvalue weighted by molar-refractivity contribution is -0.192. The summed E-state index contributed by atoms with van der Waals surface area (Å²) in [7, 11) is 0. The monoisotopic (exact) mass is 530 g/mol. The second-order valence-electron chi connectivity index (χ2n) is 6.87. The molecular weight excluding hydrogens is 514 g/mol. The molecule has 0 saturated carbocycles. The van der Waals surface area contributed by atoms with E-state index in [0.29, 0.717) is 5.56 Å². The molecule has 0 unspecified atom stereocenters. The second-order valence-corrected chi connectivity index (χ2v) is 6.87. The van der Waals surface area contributed by atoms with Crippen LogP contribution in [0.2, 0.25) is 0 Å². The normalized spacial score (nSPS) is 10.5. The van der Waals surface area contributed by atoms with Crippen molar-refractivity contribution >= 4 is 29.4 Å². The average molecular weight is 530 g/mol. The molecule has 5 N–H and O–H groups in total. The van der Waals surface area contributed by atoms with Crippen molar-refractivity contribution in [2.24, 2.45) is 0 Å². The van der Waals surface area contributed by atoms with Gasteiger partial charge in [-0.1, -0.05) is 12.1 Å². The lowest BCUT2D eigenvalue weighted by Crippen LogP contribution is -2.35. The Labute approximate surface area is 203 Å². The number of imide groups is 1. The maximum atomic E-state index is 14.3. The summed E-state index contributed by atoms with van der Waals surface area (Å²) < 4.78 is 78.4. The SMILES string of the molecule is Nc1cc(Oc2ccc(NC(=O)NC(=O)Cc3ccc(F)cc3)c(F)c2F)ccn1.O=C(O)C(F)(F)F. The zero-order valence-electron chi connectivity index (χ0n) is 18.3. The number of nitrogens with zero attached hydrogens (tertiary/aromatic N) is 1. The van der Waals surface area contributed by atoms with Crippen LogP contribution in [0.25, 0.3) is 0 Å². The van der Waals surface area contributed by atoms with Crippen LogP contribution in [-0.2, 0) is 16.0 Å². The number of aliphatic carboxylic acids is 1. The third kappa shape index (κ3) is 9.04. The van der Waals surface area contributed by atoms with Gasteiger partial charge in [0.2, 0.25) is 11.7 Å². The van der Waals surface area contributed by atoms with Crippen LogP contribution in [0.3, 0.4) is 0 Å². The van der Waals surface area contributed by atoms with E-state index in [9.17, 15) is 35.9 Å². The Kier molecular flexibility index (Phi) is 9.40. The van der Waals surface area contributed by atoms with Crippen molar-refractivity contribution in [3.8, 4) is 11.5 Å². The predicted molar refractivity (Wildman–Crippen MR) is 116 cm³/mol. The highest BCUT2D eigenvalue weighted by Crippen LogP contribution is 2.30. The number of rotatable bonds is 5. The van der Waals surface area contributed by atoms with Crippen LogP contribution < -0.4 is 21.1 Å². The molecule has 9 nitrogen and oxygen atoms in total. The van der Waals surface area contributed by atoms with Gasteiger partial charge in [0, 0.05) is 12.3 Å². The predicted octanol–water partition coefficient (Wildman–Crippen LogP) is 4.40. The molecule has 37 heavy (non-hydrogen) atoms. The molecule has 0 fully saturated rings. The standard InChI is InChI=1S/C20H15F3N4O3.C2HF3O2/c21-12-3-1-11(2-4-12)9-17(28)27-20(29)26-14-5-6-15(19(23)18(14)22)30-13-7-8-25-16(24)10-13;3-2(4,5)1(6)7/h1-8,10H,9H2,(H2,24,25)(H2,26,27,28,29);(H,6,7). The van der Waals surface area contributed by atoms with E-state index in [2.05, 4.69) is 4.98 Å². The molecule has 3 rings (SSSR count). The number of halogens is 6. The Bertz CT molecular complexity index is 1290. The summed E-state index contributed by atoms with van der Waals surface area (Å²) >= 11 is 0. The number of pyridine rings is 1. The summed E-state index contributed by atoms with van der Waals surface area (Å²) in [5, 5.41) is 11.1. The highest BCUT2D eigenvalue weighted by Gasteiger charge is 2.38. The van der Waals surface area contributed by atoms with Crippen LogP contribution >= 0.6 is 0 Å². The van der Waals surface area contributed by atoms with E-state index in [-0.39, 0.29) is 18.0 Å². The number of aromatic nitrogens is 1. The van der Waals surface area contributed by atoms with Gasteiger partial charge in [-0.15, -0.1) is 0 Å². The number of nitrogen functional groups attached to an aromatic ring is 1. The minimum absolute atomic E-state index is 0.133. The molecule has 1 aromatic heterocycles. The summed E-state index contributed by atoms with van der Waals surface area (Å²) in [6.07, 6.45) is -3.95. The van der Waals surface area contributed by atoms with E-state index in [1.165, 1.54) is 42.6 Å². The number of hydrogen-bond acceptors (Lipinski definition) is 6. The number of benzene rings is 2.